The molecule has 1 N–H and O–H groups in total. The molecule has 0 atom stereocenters. The minimum atomic E-state index is -4.37. The average molecular weight is 386 g/mol. The lowest BCUT2D eigenvalue weighted by Crippen LogP contribution is -2.24. The molecule has 0 unspecified atom stereocenters. The fraction of sp³-hybridized carbons (Fsp3) is 0.300. The maximum Gasteiger partial charge on any atom is 0.416 e. The first-order valence-electron chi connectivity index (χ1n) is 8.88. The zero-order chi connectivity index (χ0) is 20.9. The van der Waals surface area contributed by atoms with E-state index in [9.17, 15) is 13.2 Å². The Balaban J connectivity index is 0.00000136. The number of nitrogens with one attached hydrogen (secondary N) is 1. The normalized spacial score (nSPS) is 11.9. The van der Waals surface area contributed by atoms with Crippen LogP contribution in [0.4, 0.5) is 19.0 Å². The van der Waals surface area contributed by atoms with Gasteiger partial charge in [0.15, 0.2) is 0 Å². The van der Waals surface area contributed by atoms with Gasteiger partial charge in [0.25, 0.3) is 0 Å². The number of nitrogens with zero attached hydrogens (tertiary/aromatic N) is 3. The molecular formula is C20H22BF3N4. The molecule has 2 radical (unpaired) electrons. The summed E-state index contributed by atoms with van der Waals surface area (Å²) in [4.78, 5) is 8.59. The largest absolute Gasteiger partial charge is 0.416 e. The highest BCUT2D eigenvalue weighted by molar-refractivity contribution is 6.33. The van der Waals surface area contributed by atoms with E-state index in [1.165, 1.54) is 6.07 Å². The Labute approximate surface area is 163 Å². The van der Waals surface area contributed by atoms with E-state index in [4.69, 9.17) is 7.85 Å². The van der Waals surface area contributed by atoms with Crippen LogP contribution in [0.25, 0.3) is 10.9 Å². The van der Waals surface area contributed by atoms with Crippen molar-refractivity contribution in [3.05, 3.63) is 59.2 Å². The third-order valence-corrected chi connectivity index (χ3v) is 4.06. The first-order valence-corrected chi connectivity index (χ1v) is 8.88. The van der Waals surface area contributed by atoms with Crippen LogP contribution in [0.2, 0.25) is 0 Å². The number of aromatic nitrogens is 2. The van der Waals surface area contributed by atoms with Gasteiger partial charge in [-0.2, -0.15) is 18.2 Å². The molecule has 0 bridgehead atoms. The van der Waals surface area contributed by atoms with E-state index in [2.05, 4.69) is 15.3 Å². The molecule has 4 nitrogen and oxygen atoms in total. The highest BCUT2D eigenvalue weighted by Crippen LogP contribution is 2.29. The van der Waals surface area contributed by atoms with Gasteiger partial charge in [-0.1, -0.05) is 43.6 Å². The van der Waals surface area contributed by atoms with Crippen LogP contribution in [0, 0.1) is 0 Å². The number of aryl methyl sites for hydroxylation is 1. The second-order valence-corrected chi connectivity index (χ2v) is 5.87. The van der Waals surface area contributed by atoms with Crippen molar-refractivity contribution in [3.8, 4) is 0 Å². The molecule has 0 aliphatic carbocycles. The molecule has 1 aromatic heterocycles. The zero-order valence-electron chi connectivity index (χ0n) is 16.3. The molecule has 28 heavy (non-hydrogen) atoms. The number of alkyl halides is 3. The van der Waals surface area contributed by atoms with Crippen molar-refractivity contribution < 1.29 is 13.2 Å². The molecule has 0 fully saturated rings. The predicted molar refractivity (Wildman–Crippen MR) is 108 cm³/mol. The third kappa shape index (κ3) is 4.74. The smallest absolute Gasteiger partial charge is 0.365 e. The molecule has 0 saturated carbocycles. The minimum Gasteiger partial charge on any atom is -0.365 e. The van der Waals surface area contributed by atoms with Crippen LogP contribution in [0.15, 0.2) is 47.5 Å². The SMILES string of the molecule is CC.[B]c1ccc2c(c1)c(NCc1cccc(C(F)(F)F)c1)nc(=NC)n2C. The van der Waals surface area contributed by atoms with Crippen LogP contribution >= 0.6 is 0 Å². The van der Waals surface area contributed by atoms with Gasteiger partial charge in [-0.15, -0.1) is 0 Å². The maximum atomic E-state index is 12.9. The van der Waals surface area contributed by atoms with E-state index in [1.807, 2.05) is 31.5 Å². The molecule has 146 valence electrons. The number of anilines is 1. The lowest BCUT2D eigenvalue weighted by molar-refractivity contribution is -0.137. The molecule has 3 rings (SSSR count). The highest BCUT2D eigenvalue weighted by atomic mass is 19.4. The molecule has 1 heterocycles. The molecule has 8 heteroatoms. The molecule has 0 amide bonds. The zero-order valence-corrected chi connectivity index (χ0v) is 16.3. The molecule has 0 saturated heterocycles. The summed E-state index contributed by atoms with van der Waals surface area (Å²) in [5, 5.41) is 3.87. The Bertz CT molecular complexity index is 1030. The predicted octanol–water partition coefficient (Wildman–Crippen LogP) is 3.55. The van der Waals surface area contributed by atoms with Gasteiger partial charge in [0.1, 0.15) is 13.7 Å². The standard InChI is InChI=1S/C18H16BF3N4.C2H6/c1-23-17-25-16(14-9-13(19)6-7-15(14)26(17)2)24-10-11-4-3-5-12(8-11)18(20,21)22;1-2/h3-9H,10H2,1-2H3,(H,23,24,25);1-2H3. The van der Waals surface area contributed by atoms with Gasteiger partial charge < -0.3 is 9.88 Å². The Hall–Kier alpha value is -2.77. The number of fused-ring (bicyclic) bond motifs is 1. The van der Waals surface area contributed by atoms with Crippen molar-refractivity contribution >= 4 is 30.0 Å². The van der Waals surface area contributed by atoms with Crippen LogP contribution in [-0.2, 0) is 19.8 Å². The Morgan fingerprint density at radius 2 is 1.86 bits per heavy atom. The van der Waals surface area contributed by atoms with Crippen LogP contribution in [0.1, 0.15) is 25.0 Å². The van der Waals surface area contributed by atoms with E-state index in [0.29, 0.717) is 22.5 Å². The fourth-order valence-corrected chi connectivity index (χ4v) is 2.76. The quantitative estimate of drug-likeness (QED) is 0.700. The van der Waals surface area contributed by atoms with Crippen molar-refractivity contribution in [1.29, 1.82) is 0 Å². The molecule has 0 aliphatic rings. The summed E-state index contributed by atoms with van der Waals surface area (Å²) in [6, 6.07) is 10.6. The first kappa shape index (κ1) is 21.5. The summed E-state index contributed by atoms with van der Waals surface area (Å²) in [6.45, 7) is 4.19. The van der Waals surface area contributed by atoms with E-state index < -0.39 is 11.7 Å². The summed E-state index contributed by atoms with van der Waals surface area (Å²) in [6.07, 6.45) is -4.37. The van der Waals surface area contributed by atoms with Gasteiger partial charge in [-0.25, -0.2) is 0 Å². The number of hydrogen-bond acceptors (Lipinski definition) is 3. The van der Waals surface area contributed by atoms with Crippen LogP contribution < -0.4 is 16.4 Å². The highest BCUT2D eigenvalue weighted by Gasteiger charge is 2.30. The van der Waals surface area contributed by atoms with E-state index in [1.54, 1.807) is 25.2 Å². The lowest BCUT2D eigenvalue weighted by Gasteiger charge is -2.14. The summed E-state index contributed by atoms with van der Waals surface area (Å²) >= 11 is 0. The summed E-state index contributed by atoms with van der Waals surface area (Å²) in [5.41, 5.74) is 1.75. The van der Waals surface area contributed by atoms with E-state index in [0.717, 1.165) is 23.0 Å². The van der Waals surface area contributed by atoms with Gasteiger partial charge in [-0.05, 0) is 23.8 Å². The Morgan fingerprint density at radius 3 is 2.50 bits per heavy atom. The number of halogens is 3. The third-order valence-electron chi connectivity index (χ3n) is 4.06. The van der Waals surface area contributed by atoms with Crippen molar-refractivity contribution in [2.75, 3.05) is 12.4 Å². The number of rotatable bonds is 3. The molecular weight excluding hydrogens is 364 g/mol. The minimum absolute atomic E-state index is 0.192. The van der Waals surface area contributed by atoms with Crippen molar-refractivity contribution in [2.24, 2.45) is 12.0 Å². The molecule has 0 spiro atoms. The van der Waals surface area contributed by atoms with Gasteiger partial charge in [-0.3, -0.25) is 4.99 Å². The molecule has 0 aliphatic heterocycles. The molecule has 2 aromatic carbocycles. The van der Waals surface area contributed by atoms with Gasteiger partial charge in [0.2, 0.25) is 5.62 Å². The van der Waals surface area contributed by atoms with Crippen LogP contribution in [0.5, 0.6) is 0 Å². The van der Waals surface area contributed by atoms with Crippen molar-refractivity contribution in [3.63, 3.8) is 0 Å². The summed E-state index contributed by atoms with van der Waals surface area (Å²) in [5.74, 6) is 0.517. The van der Waals surface area contributed by atoms with Gasteiger partial charge >= 0.3 is 6.18 Å². The Kier molecular flexibility index (Phi) is 6.88. The lowest BCUT2D eigenvalue weighted by atomic mass is 9.95. The summed E-state index contributed by atoms with van der Waals surface area (Å²) < 4.78 is 40.4. The van der Waals surface area contributed by atoms with E-state index >= 15 is 0 Å². The van der Waals surface area contributed by atoms with Crippen molar-refractivity contribution in [2.45, 2.75) is 26.6 Å². The first-order chi connectivity index (χ1) is 13.3. The fourth-order valence-electron chi connectivity index (χ4n) is 2.76. The van der Waals surface area contributed by atoms with Crippen molar-refractivity contribution in [1.82, 2.24) is 9.55 Å². The average Bonchev–Trinajstić information content (AvgIpc) is 2.68. The van der Waals surface area contributed by atoms with Crippen LogP contribution in [-0.4, -0.2) is 24.4 Å². The topological polar surface area (TPSA) is 42.2 Å². The van der Waals surface area contributed by atoms with E-state index in [-0.39, 0.29) is 6.54 Å². The van der Waals surface area contributed by atoms with Crippen LogP contribution in [0.3, 0.4) is 0 Å². The van der Waals surface area contributed by atoms with Gasteiger partial charge in [0, 0.05) is 26.0 Å². The second kappa shape index (κ2) is 8.95. The number of hydrogen-bond donors (Lipinski definition) is 1. The maximum absolute atomic E-state index is 12.9. The monoisotopic (exact) mass is 386 g/mol. The Morgan fingerprint density at radius 1 is 1.14 bits per heavy atom. The molecule has 3 aromatic rings. The second-order valence-electron chi connectivity index (χ2n) is 5.87. The number of benzene rings is 2. The van der Waals surface area contributed by atoms with Gasteiger partial charge in [0.05, 0.1) is 11.1 Å². The summed E-state index contributed by atoms with van der Waals surface area (Å²) in [7, 11) is 9.34.